The second-order valence-corrected chi connectivity index (χ2v) is 14.0. The summed E-state index contributed by atoms with van der Waals surface area (Å²) >= 11 is 0. The molecule has 1 radical (unpaired) electrons. The molecule has 0 aliphatic rings. The van der Waals surface area contributed by atoms with Crippen molar-refractivity contribution in [3.05, 3.63) is 0 Å². The van der Waals surface area contributed by atoms with Gasteiger partial charge in [-0.25, -0.2) is 4.89 Å². The molecule has 0 heterocycles. The first-order valence-electron chi connectivity index (χ1n) is 21.0. The van der Waals surface area contributed by atoms with Crippen molar-refractivity contribution in [1.82, 2.24) is 4.90 Å². The molecule has 0 aromatic rings. The largest absolute Gasteiger partial charge is 0.462 e. The molecule has 0 aliphatic carbocycles. The number of carbonyl (C=O) groups is 1. The number of nitrogens with zero attached hydrogens (tertiary/aromatic N) is 1. The molecule has 0 aromatic heterocycles. The Kier molecular flexibility index (Phi) is 53.0. The third-order valence-electron chi connectivity index (χ3n) is 9.30. The van der Waals surface area contributed by atoms with Crippen LogP contribution in [0.2, 0.25) is 0 Å². The van der Waals surface area contributed by atoms with Crippen LogP contribution in [0, 0.1) is 0 Å². The molecule has 293 valence electrons. The van der Waals surface area contributed by atoms with Crippen molar-refractivity contribution in [3.63, 3.8) is 0 Å². The Morgan fingerprint density at radius 1 is 0.510 bits per heavy atom. The zero-order valence-electron chi connectivity index (χ0n) is 33.1. The van der Waals surface area contributed by atoms with Gasteiger partial charge in [0.2, 0.25) is 0 Å². The van der Waals surface area contributed by atoms with Crippen LogP contribution >= 0.6 is 0 Å². The van der Waals surface area contributed by atoms with Gasteiger partial charge in [0.05, 0.1) is 13.2 Å². The maximum atomic E-state index is 12.6. The molecule has 0 atom stereocenters. The van der Waals surface area contributed by atoms with E-state index in [1.165, 1.54) is 116 Å². The van der Waals surface area contributed by atoms with Crippen LogP contribution < -0.4 is 0 Å². The van der Waals surface area contributed by atoms with E-state index < -0.39 is 0 Å². The molecule has 0 aliphatic heterocycles. The molecule has 0 amide bonds. The number of carbonyl (C=O) groups excluding carboxylic acids is 1. The van der Waals surface area contributed by atoms with Gasteiger partial charge in [0.15, 0.2) is 0 Å². The summed E-state index contributed by atoms with van der Waals surface area (Å²) in [6.45, 7) is 10.6. The smallest absolute Gasteiger partial charge is 0.306 e. The molecule has 0 rings (SSSR count). The average Bonchev–Trinajstić information content (AvgIpc) is 3.09. The Morgan fingerprint density at radius 3 is 1.37 bits per heavy atom. The van der Waals surface area contributed by atoms with Gasteiger partial charge in [0.25, 0.3) is 0 Å². The van der Waals surface area contributed by atoms with E-state index >= 15 is 0 Å². The van der Waals surface area contributed by atoms with Crippen molar-refractivity contribution < 1.29 is 62.6 Å². The summed E-state index contributed by atoms with van der Waals surface area (Å²) in [4.78, 5) is 18.9. The number of ether oxygens (including phenoxy) is 1. The van der Waals surface area contributed by atoms with Crippen LogP contribution in [0.5, 0.6) is 0 Å². The van der Waals surface area contributed by atoms with Gasteiger partial charge in [0, 0.05) is 52.3 Å². The monoisotopic (exact) mass is 777 g/mol. The van der Waals surface area contributed by atoms with Crippen LogP contribution in [0.25, 0.3) is 0 Å². The number of unbranched alkanes of at least 4 members (excludes halogenated alkanes) is 22. The summed E-state index contributed by atoms with van der Waals surface area (Å²) in [5.74, 6) is 0.0160. The number of esters is 1. The minimum atomic E-state index is 0. The molecular weight excluding hydrogens is 691 g/mol. The van der Waals surface area contributed by atoms with Gasteiger partial charge in [-0.15, -0.1) is 0 Å². The second-order valence-electron chi connectivity index (χ2n) is 14.0. The molecule has 0 saturated carbocycles. The molecule has 0 spiro atoms. The van der Waals surface area contributed by atoms with Gasteiger partial charge in [0.1, 0.15) is 6.10 Å². The Labute approximate surface area is 330 Å². The molecule has 3 N–H and O–H groups in total. The van der Waals surface area contributed by atoms with Crippen molar-refractivity contribution >= 4 is 5.97 Å². The first kappa shape index (κ1) is 53.7. The van der Waals surface area contributed by atoms with E-state index in [0.717, 1.165) is 90.3 Å². The van der Waals surface area contributed by atoms with Gasteiger partial charge in [-0.3, -0.25) is 10.1 Å². The van der Waals surface area contributed by atoms with E-state index in [1.807, 2.05) is 0 Å². The molecule has 0 fully saturated rings. The number of hydrogen-bond acceptors (Lipinski definition) is 7. The minimum Gasteiger partial charge on any atom is -0.462 e. The number of rotatable bonds is 38. The van der Waals surface area contributed by atoms with Crippen molar-refractivity contribution in [1.29, 1.82) is 0 Å². The van der Waals surface area contributed by atoms with Gasteiger partial charge in [-0.1, -0.05) is 149 Å². The van der Waals surface area contributed by atoms with E-state index in [1.54, 1.807) is 0 Å². The van der Waals surface area contributed by atoms with Crippen LogP contribution in [0.15, 0.2) is 0 Å². The Bertz CT molecular complexity index is 576. The molecule has 0 aromatic carbocycles. The molecule has 0 unspecified atom stereocenters. The van der Waals surface area contributed by atoms with Crippen LogP contribution in [-0.4, -0.2) is 71.9 Å². The fourth-order valence-corrected chi connectivity index (χ4v) is 6.17. The zero-order chi connectivity index (χ0) is 35.6. The number of aliphatic hydroxyl groups excluding tert-OH is 2. The molecule has 7 nitrogen and oxygen atoms in total. The van der Waals surface area contributed by atoms with Crippen molar-refractivity contribution in [2.75, 3.05) is 39.5 Å². The zero-order valence-corrected chi connectivity index (χ0v) is 36.0. The van der Waals surface area contributed by atoms with Gasteiger partial charge >= 0.3 is 5.97 Å². The maximum absolute atomic E-state index is 12.6. The number of hydrogen-bond donors (Lipinski definition) is 3. The van der Waals surface area contributed by atoms with Crippen molar-refractivity contribution in [2.45, 2.75) is 219 Å². The molecule has 0 bridgehead atoms. The van der Waals surface area contributed by atoms with Gasteiger partial charge in [-0.05, 0) is 70.9 Å². The van der Waals surface area contributed by atoms with Crippen LogP contribution in [0.4, 0.5) is 0 Å². The Balaban J connectivity index is -0.00000165. The topological polar surface area (TPSA) is 99.5 Å². The Hall–Kier alpha value is 0.374. The second kappa shape index (κ2) is 48.4. The SMILES string of the molecule is CCCCCCCCC(CCCCCCCC)OC(=O)CCCCCCCN(CCO)CCCCCCO.CCCCCCCCOO.[Y]. The summed E-state index contributed by atoms with van der Waals surface area (Å²) in [5, 5.41) is 26.2. The standard InChI is InChI=1S/C33H67NO4.C8H18O2.Y/c1-3-5-7-9-12-18-24-32(25-19-13-10-8-6-4-2)38-33(37)26-20-14-11-15-21-27-34(29-31-36)28-22-16-17-23-30-35;1-2-3-4-5-6-7-8-10-9;/h32,35-36H,3-31H2,1-2H3;9H,2-8H2,1H3;. The van der Waals surface area contributed by atoms with Gasteiger partial charge < -0.3 is 19.8 Å². The average molecular weight is 777 g/mol. The first-order chi connectivity index (χ1) is 23.6. The maximum Gasteiger partial charge on any atom is 0.306 e. The fraction of sp³-hybridized carbons (Fsp3) is 0.976. The third kappa shape index (κ3) is 46.4. The van der Waals surface area contributed by atoms with Crippen LogP contribution in [0.1, 0.15) is 213 Å². The summed E-state index contributed by atoms with van der Waals surface area (Å²) in [5.41, 5.74) is 0. The van der Waals surface area contributed by atoms with E-state index in [-0.39, 0.29) is 58.0 Å². The summed E-state index contributed by atoms with van der Waals surface area (Å²) < 4.78 is 5.97. The fourth-order valence-electron chi connectivity index (χ4n) is 6.17. The first-order valence-corrected chi connectivity index (χ1v) is 21.0. The minimum absolute atomic E-state index is 0. The summed E-state index contributed by atoms with van der Waals surface area (Å²) in [7, 11) is 0. The molecule has 49 heavy (non-hydrogen) atoms. The van der Waals surface area contributed by atoms with E-state index in [2.05, 4.69) is 30.6 Å². The van der Waals surface area contributed by atoms with Crippen molar-refractivity contribution in [2.24, 2.45) is 0 Å². The van der Waals surface area contributed by atoms with Gasteiger partial charge in [-0.2, -0.15) is 0 Å². The van der Waals surface area contributed by atoms with E-state index in [9.17, 15) is 9.90 Å². The quantitative estimate of drug-likeness (QED) is 0.0248. The summed E-state index contributed by atoms with van der Waals surface area (Å²) in [6, 6.07) is 0. The normalized spacial score (nSPS) is 11.1. The predicted molar refractivity (Wildman–Crippen MR) is 205 cm³/mol. The van der Waals surface area contributed by atoms with Crippen LogP contribution in [-0.2, 0) is 47.1 Å². The molecular formula is C41H85NO6Y. The molecule has 8 heteroatoms. The predicted octanol–water partition coefficient (Wildman–Crippen LogP) is 11.4. The number of aliphatic hydroxyl groups is 2. The Morgan fingerprint density at radius 2 is 0.918 bits per heavy atom. The molecule has 0 saturated heterocycles. The third-order valence-corrected chi connectivity index (χ3v) is 9.30. The van der Waals surface area contributed by atoms with Crippen molar-refractivity contribution in [3.8, 4) is 0 Å². The van der Waals surface area contributed by atoms with E-state index in [4.69, 9.17) is 15.1 Å². The van der Waals surface area contributed by atoms with E-state index in [0.29, 0.717) is 13.0 Å². The summed E-state index contributed by atoms with van der Waals surface area (Å²) in [6.07, 6.45) is 35.4. The van der Waals surface area contributed by atoms with Crippen LogP contribution in [0.3, 0.4) is 0 Å².